The number of benzene rings is 2. The van der Waals surface area contributed by atoms with Crippen molar-refractivity contribution in [2.75, 3.05) is 26.3 Å². The Kier molecular flexibility index (Phi) is 8.06. The number of H-pyrrole nitrogens is 1. The number of carbonyl (C=O) groups excluding carboxylic acids is 2. The van der Waals surface area contributed by atoms with E-state index in [0.717, 1.165) is 46.0 Å². The Morgan fingerprint density at radius 3 is 2.53 bits per heavy atom. The molecule has 2 amide bonds. The average molecular weight is 515 g/mol. The van der Waals surface area contributed by atoms with E-state index in [9.17, 15) is 9.59 Å². The second-order valence-electron chi connectivity index (χ2n) is 9.86. The smallest absolute Gasteiger partial charge is 0.220 e. The van der Waals surface area contributed by atoms with Crippen LogP contribution in [0.25, 0.3) is 21.8 Å². The van der Waals surface area contributed by atoms with Gasteiger partial charge in [-0.15, -0.1) is 0 Å². The molecule has 0 radical (unpaired) electrons. The molecule has 198 valence electrons. The summed E-state index contributed by atoms with van der Waals surface area (Å²) in [5, 5.41) is 9.13. The number of nitrogens with zero attached hydrogens (tertiary/aromatic N) is 1. The Bertz CT molecular complexity index is 1430. The fraction of sp³-hybridized carbons (Fsp3) is 0.367. The monoisotopic (exact) mass is 514 g/mol. The molecule has 4 aromatic rings. The van der Waals surface area contributed by atoms with Crippen LogP contribution >= 0.6 is 0 Å². The molecule has 1 aliphatic carbocycles. The zero-order valence-corrected chi connectivity index (χ0v) is 21.7. The maximum Gasteiger partial charge on any atom is 0.220 e. The number of hydrogen-bond acceptors (Lipinski definition) is 5. The lowest BCUT2D eigenvalue weighted by Crippen LogP contribution is -2.25. The largest absolute Gasteiger partial charge is 0.490 e. The molecule has 1 fully saturated rings. The van der Waals surface area contributed by atoms with Gasteiger partial charge in [0.15, 0.2) is 0 Å². The van der Waals surface area contributed by atoms with Gasteiger partial charge < -0.3 is 25.1 Å². The first-order chi connectivity index (χ1) is 18.5. The van der Waals surface area contributed by atoms with Crippen molar-refractivity contribution >= 4 is 33.6 Å². The van der Waals surface area contributed by atoms with E-state index in [1.165, 1.54) is 25.3 Å². The van der Waals surface area contributed by atoms with E-state index in [4.69, 9.17) is 9.47 Å². The minimum atomic E-state index is -0.0241. The van der Waals surface area contributed by atoms with Crippen LogP contribution in [0.2, 0.25) is 0 Å². The van der Waals surface area contributed by atoms with Crippen molar-refractivity contribution in [3.05, 3.63) is 66.0 Å². The van der Waals surface area contributed by atoms with Crippen LogP contribution in [0, 0.1) is 5.92 Å². The summed E-state index contributed by atoms with van der Waals surface area (Å²) in [5.41, 5.74) is 3.08. The van der Waals surface area contributed by atoms with E-state index in [1.54, 1.807) is 6.20 Å². The first-order valence-corrected chi connectivity index (χ1v) is 13.3. The topological polar surface area (TPSA) is 105 Å². The van der Waals surface area contributed by atoms with Gasteiger partial charge in [0.2, 0.25) is 11.8 Å². The Labute approximate surface area is 222 Å². The summed E-state index contributed by atoms with van der Waals surface area (Å²) in [6.07, 6.45) is 8.15. The third-order valence-corrected chi connectivity index (χ3v) is 6.81. The van der Waals surface area contributed by atoms with Gasteiger partial charge in [-0.1, -0.05) is 24.3 Å². The molecule has 8 heteroatoms. The lowest BCUT2D eigenvalue weighted by Gasteiger charge is -2.11. The molecule has 2 aromatic carbocycles. The molecule has 2 heterocycles. The van der Waals surface area contributed by atoms with Crippen LogP contribution in [0.4, 0.5) is 0 Å². The van der Waals surface area contributed by atoms with Crippen LogP contribution in [-0.2, 0) is 22.4 Å². The molecule has 8 nitrogen and oxygen atoms in total. The summed E-state index contributed by atoms with van der Waals surface area (Å²) >= 11 is 0. The minimum absolute atomic E-state index is 0.0241. The van der Waals surface area contributed by atoms with Crippen molar-refractivity contribution in [3.8, 4) is 11.5 Å². The number of ether oxygens (including phenoxy) is 2. The summed E-state index contributed by atoms with van der Waals surface area (Å²) in [5.74, 6) is 2.17. The Hall–Kier alpha value is -4.07. The molecule has 2 aromatic heterocycles. The van der Waals surface area contributed by atoms with Gasteiger partial charge >= 0.3 is 0 Å². The van der Waals surface area contributed by atoms with Gasteiger partial charge in [0.05, 0.1) is 6.20 Å². The minimum Gasteiger partial charge on any atom is -0.490 e. The Balaban J connectivity index is 1.13. The predicted molar refractivity (Wildman–Crippen MR) is 147 cm³/mol. The van der Waals surface area contributed by atoms with E-state index in [0.29, 0.717) is 44.4 Å². The standard InChI is InChI=1S/C30H34N4O4/c1-20(35)31-11-9-23-4-2-3-22-7-8-25(16-27(22)23)37-13-14-38-26-17-28-24(18-33-30(28)34-19-26)10-12-32-29(36)15-21-5-6-21/h2-4,7-8,16-19,21H,5-6,9-15H2,1H3,(H,31,35)(H,32,36)(H,33,34). The van der Waals surface area contributed by atoms with E-state index < -0.39 is 0 Å². The lowest BCUT2D eigenvalue weighted by molar-refractivity contribution is -0.121. The zero-order valence-electron chi connectivity index (χ0n) is 21.7. The molecular weight excluding hydrogens is 480 g/mol. The number of carbonyl (C=O) groups is 2. The molecule has 0 spiro atoms. The molecule has 5 rings (SSSR count). The predicted octanol–water partition coefficient (Wildman–Crippen LogP) is 4.31. The average Bonchev–Trinajstić information content (AvgIpc) is 3.64. The van der Waals surface area contributed by atoms with Crippen molar-refractivity contribution in [1.29, 1.82) is 0 Å². The van der Waals surface area contributed by atoms with E-state index in [1.807, 2.05) is 36.5 Å². The number of amides is 2. The molecule has 0 unspecified atom stereocenters. The van der Waals surface area contributed by atoms with Crippen molar-refractivity contribution in [3.63, 3.8) is 0 Å². The molecule has 0 bridgehead atoms. The number of hydrogen-bond donors (Lipinski definition) is 3. The van der Waals surface area contributed by atoms with Crippen LogP contribution in [-0.4, -0.2) is 48.1 Å². The molecule has 0 saturated heterocycles. The van der Waals surface area contributed by atoms with Crippen LogP contribution in [0.3, 0.4) is 0 Å². The fourth-order valence-electron chi connectivity index (χ4n) is 4.63. The van der Waals surface area contributed by atoms with Gasteiger partial charge in [-0.2, -0.15) is 0 Å². The van der Waals surface area contributed by atoms with Gasteiger partial charge in [0, 0.05) is 38.0 Å². The third kappa shape index (κ3) is 6.82. The highest BCUT2D eigenvalue weighted by atomic mass is 16.5. The molecule has 38 heavy (non-hydrogen) atoms. The van der Waals surface area contributed by atoms with E-state index in [2.05, 4.69) is 32.7 Å². The molecule has 0 atom stereocenters. The highest BCUT2D eigenvalue weighted by Gasteiger charge is 2.24. The number of aromatic amines is 1. The Morgan fingerprint density at radius 2 is 1.71 bits per heavy atom. The number of fused-ring (bicyclic) bond motifs is 2. The highest BCUT2D eigenvalue weighted by Crippen LogP contribution is 2.32. The zero-order chi connectivity index (χ0) is 26.3. The van der Waals surface area contributed by atoms with Gasteiger partial charge in [-0.05, 0) is 71.7 Å². The third-order valence-electron chi connectivity index (χ3n) is 6.81. The Morgan fingerprint density at radius 1 is 0.947 bits per heavy atom. The van der Waals surface area contributed by atoms with Gasteiger partial charge in [-0.25, -0.2) is 4.98 Å². The molecule has 1 aliphatic rings. The number of nitrogens with one attached hydrogen (secondary N) is 3. The highest BCUT2D eigenvalue weighted by molar-refractivity contribution is 5.87. The van der Waals surface area contributed by atoms with Crippen LogP contribution in [0.5, 0.6) is 11.5 Å². The molecular formula is C30H34N4O4. The second-order valence-corrected chi connectivity index (χ2v) is 9.86. The summed E-state index contributed by atoms with van der Waals surface area (Å²) in [6, 6.07) is 14.2. The van der Waals surface area contributed by atoms with Crippen molar-refractivity contribution in [2.45, 2.75) is 39.0 Å². The van der Waals surface area contributed by atoms with Crippen LogP contribution in [0.1, 0.15) is 37.3 Å². The fourth-order valence-corrected chi connectivity index (χ4v) is 4.63. The summed E-state index contributed by atoms with van der Waals surface area (Å²) in [7, 11) is 0. The van der Waals surface area contributed by atoms with Crippen molar-refractivity contribution < 1.29 is 19.1 Å². The van der Waals surface area contributed by atoms with E-state index in [-0.39, 0.29) is 11.8 Å². The summed E-state index contributed by atoms with van der Waals surface area (Å²) in [6.45, 7) is 3.51. The number of rotatable bonds is 13. The maximum atomic E-state index is 12.0. The SMILES string of the molecule is CC(=O)NCCc1cccc2ccc(OCCOc3cnc4[nH]cc(CCNC(=O)CC5CC5)c4c3)cc12. The van der Waals surface area contributed by atoms with Crippen molar-refractivity contribution in [1.82, 2.24) is 20.6 Å². The number of pyridine rings is 1. The molecule has 0 aliphatic heterocycles. The van der Waals surface area contributed by atoms with Crippen molar-refractivity contribution in [2.24, 2.45) is 5.92 Å². The lowest BCUT2D eigenvalue weighted by atomic mass is 10.0. The summed E-state index contributed by atoms with van der Waals surface area (Å²) in [4.78, 5) is 30.8. The van der Waals surface area contributed by atoms with Crippen LogP contribution < -0.4 is 20.1 Å². The molecule has 1 saturated carbocycles. The summed E-state index contributed by atoms with van der Waals surface area (Å²) < 4.78 is 11.9. The number of aromatic nitrogens is 2. The van der Waals surface area contributed by atoms with Gasteiger partial charge in [0.25, 0.3) is 0 Å². The quantitative estimate of drug-likeness (QED) is 0.231. The molecule has 3 N–H and O–H groups in total. The second kappa shape index (κ2) is 12.0. The first-order valence-electron chi connectivity index (χ1n) is 13.3. The van der Waals surface area contributed by atoms with E-state index >= 15 is 0 Å². The van der Waals surface area contributed by atoms with Crippen LogP contribution in [0.15, 0.2) is 54.9 Å². The normalized spacial score (nSPS) is 13.0. The maximum absolute atomic E-state index is 12.0. The van der Waals surface area contributed by atoms with Gasteiger partial charge in [0.1, 0.15) is 30.4 Å². The van der Waals surface area contributed by atoms with Gasteiger partial charge in [-0.3, -0.25) is 9.59 Å². The first kappa shape index (κ1) is 25.6.